The lowest BCUT2D eigenvalue weighted by Gasteiger charge is -2.00. The van der Waals surface area contributed by atoms with Crippen molar-refractivity contribution in [2.75, 3.05) is 0 Å². The van der Waals surface area contributed by atoms with Crippen LogP contribution >= 0.6 is 11.6 Å². The van der Waals surface area contributed by atoms with Crippen LogP contribution in [0.25, 0.3) is 10.9 Å². The van der Waals surface area contributed by atoms with Gasteiger partial charge in [-0.2, -0.15) is 5.10 Å². The van der Waals surface area contributed by atoms with Crippen molar-refractivity contribution in [1.29, 1.82) is 0 Å². The molecule has 0 aliphatic carbocycles. The summed E-state index contributed by atoms with van der Waals surface area (Å²) < 4.78 is 1.59. The van der Waals surface area contributed by atoms with Crippen LogP contribution in [0.2, 0.25) is 5.15 Å². The number of aliphatic carboxylic acids is 1. The lowest BCUT2D eigenvalue weighted by molar-refractivity contribution is -0.136. The molecule has 0 unspecified atom stereocenters. The number of nitrogens with zero attached hydrogens (tertiary/aromatic N) is 2. The van der Waals surface area contributed by atoms with Gasteiger partial charge in [0.1, 0.15) is 5.15 Å². The van der Waals surface area contributed by atoms with Crippen molar-refractivity contribution < 1.29 is 9.90 Å². The topological polar surface area (TPSA) is 55.1 Å². The molecule has 1 aromatic heterocycles. The molecular formula is C11H11ClN2O2. The van der Waals surface area contributed by atoms with Crippen LogP contribution in [-0.2, 0) is 18.3 Å². The molecule has 1 aromatic carbocycles. The monoisotopic (exact) mass is 238 g/mol. The van der Waals surface area contributed by atoms with Crippen LogP contribution in [0.3, 0.4) is 0 Å². The summed E-state index contributed by atoms with van der Waals surface area (Å²) in [5.41, 5.74) is 1.73. The minimum absolute atomic E-state index is 0.102. The van der Waals surface area contributed by atoms with E-state index in [4.69, 9.17) is 16.7 Å². The van der Waals surface area contributed by atoms with E-state index in [-0.39, 0.29) is 6.42 Å². The third kappa shape index (κ3) is 1.88. The zero-order valence-electron chi connectivity index (χ0n) is 8.77. The molecule has 0 bridgehead atoms. The van der Waals surface area contributed by atoms with Crippen LogP contribution in [0.15, 0.2) is 18.2 Å². The van der Waals surface area contributed by atoms with Crippen LogP contribution < -0.4 is 0 Å². The molecular weight excluding hydrogens is 228 g/mol. The average molecular weight is 239 g/mol. The van der Waals surface area contributed by atoms with Crippen molar-refractivity contribution in [3.05, 3.63) is 28.9 Å². The number of carboxylic acids is 1. The second kappa shape index (κ2) is 4.14. The van der Waals surface area contributed by atoms with Crippen molar-refractivity contribution in [2.45, 2.75) is 12.8 Å². The molecule has 0 atom stereocenters. The summed E-state index contributed by atoms with van der Waals surface area (Å²) in [5.74, 6) is -0.808. The van der Waals surface area contributed by atoms with Crippen molar-refractivity contribution in [2.24, 2.45) is 7.05 Å². The van der Waals surface area contributed by atoms with Gasteiger partial charge in [0.25, 0.3) is 0 Å². The number of hydrogen-bond donors (Lipinski definition) is 1. The predicted molar refractivity (Wildman–Crippen MR) is 61.7 cm³/mol. The number of carbonyl (C=O) groups is 1. The van der Waals surface area contributed by atoms with Crippen molar-refractivity contribution >= 4 is 28.5 Å². The highest BCUT2D eigenvalue weighted by atomic mass is 35.5. The Bertz CT molecular complexity index is 548. The summed E-state index contributed by atoms with van der Waals surface area (Å²) in [6, 6.07) is 5.62. The van der Waals surface area contributed by atoms with E-state index in [1.807, 2.05) is 18.2 Å². The molecule has 0 saturated carbocycles. The number of aromatic nitrogens is 2. The normalized spacial score (nSPS) is 10.9. The first-order valence-electron chi connectivity index (χ1n) is 4.91. The van der Waals surface area contributed by atoms with Crippen LogP contribution in [0.1, 0.15) is 12.0 Å². The fraction of sp³-hybridized carbons (Fsp3) is 0.273. The number of benzene rings is 1. The Morgan fingerprint density at radius 1 is 1.56 bits per heavy atom. The summed E-state index contributed by atoms with van der Waals surface area (Å²) >= 11 is 6.12. The molecule has 0 fully saturated rings. The smallest absolute Gasteiger partial charge is 0.303 e. The highest BCUT2D eigenvalue weighted by molar-refractivity contribution is 6.34. The molecule has 1 heterocycles. The molecule has 16 heavy (non-hydrogen) atoms. The third-order valence-electron chi connectivity index (χ3n) is 2.49. The standard InChI is InChI=1S/C11H11ClN2O2/c1-14-11(12)10-7(5-6-9(15)16)3-2-4-8(10)13-14/h2-4H,5-6H2,1H3,(H,15,16). The first-order chi connectivity index (χ1) is 7.59. The Labute approximate surface area is 97.4 Å². The van der Waals surface area contributed by atoms with Gasteiger partial charge in [0.05, 0.1) is 5.52 Å². The maximum absolute atomic E-state index is 10.5. The summed E-state index contributed by atoms with van der Waals surface area (Å²) in [5, 5.41) is 14.3. The molecule has 0 radical (unpaired) electrons. The van der Waals surface area contributed by atoms with Gasteiger partial charge >= 0.3 is 5.97 Å². The Balaban J connectivity index is 2.48. The average Bonchev–Trinajstić information content (AvgIpc) is 2.52. The zero-order chi connectivity index (χ0) is 11.7. The fourth-order valence-corrected chi connectivity index (χ4v) is 1.98. The maximum Gasteiger partial charge on any atom is 0.303 e. The highest BCUT2D eigenvalue weighted by Gasteiger charge is 2.11. The van der Waals surface area contributed by atoms with E-state index in [0.717, 1.165) is 16.5 Å². The van der Waals surface area contributed by atoms with E-state index >= 15 is 0 Å². The van der Waals surface area contributed by atoms with Gasteiger partial charge in [0.15, 0.2) is 0 Å². The second-order valence-electron chi connectivity index (χ2n) is 3.62. The Hall–Kier alpha value is -1.55. The SMILES string of the molecule is Cn1nc2cccc(CCC(=O)O)c2c1Cl. The van der Waals surface area contributed by atoms with E-state index in [0.29, 0.717) is 11.6 Å². The lowest BCUT2D eigenvalue weighted by atomic mass is 10.1. The quantitative estimate of drug-likeness (QED) is 0.892. The van der Waals surface area contributed by atoms with Gasteiger partial charge < -0.3 is 5.11 Å². The molecule has 2 aromatic rings. The molecule has 84 valence electrons. The molecule has 1 N–H and O–H groups in total. The first kappa shape index (κ1) is 11.0. The van der Waals surface area contributed by atoms with Gasteiger partial charge in [0.2, 0.25) is 0 Å². The number of halogens is 1. The van der Waals surface area contributed by atoms with Crippen LogP contribution in [0, 0.1) is 0 Å². The molecule has 0 aliphatic rings. The molecule has 0 spiro atoms. The van der Waals surface area contributed by atoms with E-state index in [1.165, 1.54) is 0 Å². The minimum Gasteiger partial charge on any atom is -0.481 e. The summed E-state index contributed by atoms with van der Waals surface area (Å²) in [6.45, 7) is 0. The Kier molecular flexibility index (Phi) is 2.83. The second-order valence-corrected chi connectivity index (χ2v) is 3.98. The van der Waals surface area contributed by atoms with Crippen molar-refractivity contribution in [1.82, 2.24) is 9.78 Å². The van der Waals surface area contributed by atoms with E-state index in [2.05, 4.69) is 5.10 Å². The van der Waals surface area contributed by atoms with E-state index in [9.17, 15) is 4.79 Å². The molecule has 0 saturated heterocycles. The number of hydrogen-bond acceptors (Lipinski definition) is 2. The van der Waals surface area contributed by atoms with Gasteiger partial charge in [-0.05, 0) is 18.1 Å². The van der Waals surface area contributed by atoms with Gasteiger partial charge in [-0.25, -0.2) is 0 Å². The number of rotatable bonds is 3. The predicted octanol–water partition coefficient (Wildman–Crippen LogP) is 2.24. The van der Waals surface area contributed by atoms with E-state index in [1.54, 1.807) is 11.7 Å². The van der Waals surface area contributed by atoms with E-state index < -0.39 is 5.97 Å². The lowest BCUT2D eigenvalue weighted by Crippen LogP contribution is -1.97. The zero-order valence-corrected chi connectivity index (χ0v) is 9.53. The summed E-state index contributed by atoms with van der Waals surface area (Å²) in [4.78, 5) is 10.5. The van der Waals surface area contributed by atoms with Crippen LogP contribution in [0.5, 0.6) is 0 Å². The number of aryl methyl sites for hydroxylation is 2. The Morgan fingerprint density at radius 2 is 2.31 bits per heavy atom. The fourth-order valence-electron chi connectivity index (χ4n) is 1.73. The number of carboxylic acid groups (broad SMARTS) is 1. The molecule has 0 aliphatic heterocycles. The van der Waals surface area contributed by atoms with Gasteiger partial charge in [-0.15, -0.1) is 0 Å². The largest absolute Gasteiger partial charge is 0.481 e. The number of fused-ring (bicyclic) bond motifs is 1. The molecule has 4 nitrogen and oxygen atoms in total. The summed E-state index contributed by atoms with van der Waals surface area (Å²) in [6.07, 6.45) is 0.572. The van der Waals surface area contributed by atoms with Gasteiger partial charge in [0, 0.05) is 18.9 Å². The maximum atomic E-state index is 10.5. The minimum atomic E-state index is -0.808. The molecule has 5 heteroatoms. The highest BCUT2D eigenvalue weighted by Crippen LogP contribution is 2.26. The summed E-state index contributed by atoms with van der Waals surface area (Å²) in [7, 11) is 1.77. The van der Waals surface area contributed by atoms with Crippen molar-refractivity contribution in [3.63, 3.8) is 0 Å². The van der Waals surface area contributed by atoms with Gasteiger partial charge in [-0.3, -0.25) is 9.48 Å². The molecule has 2 rings (SSSR count). The van der Waals surface area contributed by atoms with Crippen molar-refractivity contribution in [3.8, 4) is 0 Å². The van der Waals surface area contributed by atoms with Crippen LogP contribution in [0.4, 0.5) is 0 Å². The van der Waals surface area contributed by atoms with Gasteiger partial charge in [-0.1, -0.05) is 23.7 Å². The third-order valence-corrected chi connectivity index (χ3v) is 2.92. The Morgan fingerprint density at radius 3 is 3.00 bits per heavy atom. The first-order valence-corrected chi connectivity index (χ1v) is 5.29. The molecule has 0 amide bonds. The van der Waals surface area contributed by atoms with Crippen LogP contribution in [-0.4, -0.2) is 20.9 Å².